The lowest BCUT2D eigenvalue weighted by Crippen LogP contribution is -2.54. The second-order valence-electron chi connectivity index (χ2n) is 7.39. The molecule has 2 amide bonds. The van der Waals surface area contributed by atoms with Crippen molar-refractivity contribution in [2.24, 2.45) is 0 Å². The maximum atomic E-state index is 12.4. The fourth-order valence-electron chi connectivity index (χ4n) is 3.16. The van der Waals surface area contributed by atoms with Gasteiger partial charge >= 0.3 is 0 Å². The second-order valence-corrected chi connectivity index (χ2v) is 7.39. The van der Waals surface area contributed by atoms with Crippen LogP contribution in [0.15, 0.2) is 10.6 Å². The van der Waals surface area contributed by atoms with E-state index < -0.39 is 0 Å². The third-order valence-electron chi connectivity index (χ3n) is 5.12. The normalized spacial score (nSPS) is 20.0. The van der Waals surface area contributed by atoms with Crippen LogP contribution in [0, 0.1) is 0 Å². The number of rotatable bonds is 6. The highest BCUT2D eigenvalue weighted by Gasteiger charge is 2.34. The van der Waals surface area contributed by atoms with E-state index in [1.54, 1.807) is 6.07 Å². The summed E-state index contributed by atoms with van der Waals surface area (Å²) < 4.78 is 5.25. The van der Waals surface area contributed by atoms with Gasteiger partial charge in [0.1, 0.15) is 5.76 Å². The van der Waals surface area contributed by atoms with Crippen LogP contribution >= 0.6 is 0 Å². The Bertz CT molecular complexity index is 598. The quantitative estimate of drug-likeness (QED) is 0.868. The Labute approximate surface area is 142 Å². The first kappa shape index (κ1) is 17.0. The Kier molecular flexibility index (Phi) is 4.92. The summed E-state index contributed by atoms with van der Waals surface area (Å²) in [5, 5.41) is 6.99. The minimum atomic E-state index is -0.294. The van der Waals surface area contributed by atoms with Gasteiger partial charge < -0.3 is 14.7 Å². The Morgan fingerprint density at radius 2 is 2.08 bits per heavy atom. The standard InChI is InChI=1S/C18H27N3O3/c1-3-4-5-16(22)21-10-8-18(2,9-11-21)19-17(23)14-12-15(24-20-14)13-6-7-13/h12-13H,3-11H2,1-2H3,(H,19,23). The first-order valence-corrected chi connectivity index (χ1v) is 9.07. The maximum Gasteiger partial charge on any atom is 0.273 e. The van der Waals surface area contributed by atoms with Crippen LogP contribution in [0.2, 0.25) is 0 Å². The number of nitrogens with one attached hydrogen (secondary N) is 1. The lowest BCUT2D eigenvalue weighted by Gasteiger charge is -2.39. The molecule has 2 aliphatic rings. The van der Waals surface area contributed by atoms with Gasteiger partial charge in [-0.15, -0.1) is 0 Å². The molecule has 1 aliphatic heterocycles. The van der Waals surface area contributed by atoms with E-state index in [0.717, 1.165) is 44.3 Å². The summed E-state index contributed by atoms with van der Waals surface area (Å²) >= 11 is 0. The molecule has 0 bridgehead atoms. The van der Waals surface area contributed by atoms with Crippen molar-refractivity contribution in [3.8, 4) is 0 Å². The first-order chi connectivity index (χ1) is 11.5. The molecule has 2 heterocycles. The van der Waals surface area contributed by atoms with E-state index in [1.807, 2.05) is 11.8 Å². The fourth-order valence-corrected chi connectivity index (χ4v) is 3.16. The molecule has 1 saturated heterocycles. The Morgan fingerprint density at radius 1 is 1.38 bits per heavy atom. The minimum absolute atomic E-state index is 0.182. The van der Waals surface area contributed by atoms with Crippen molar-refractivity contribution < 1.29 is 14.1 Å². The molecule has 0 unspecified atom stereocenters. The number of aromatic nitrogens is 1. The molecule has 1 aromatic rings. The molecule has 1 aromatic heterocycles. The Morgan fingerprint density at radius 3 is 2.71 bits per heavy atom. The van der Waals surface area contributed by atoms with E-state index in [0.29, 0.717) is 31.1 Å². The van der Waals surface area contributed by atoms with E-state index in [9.17, 15) is 9.59 Å². The summed E-state index contributed by atoms with van der Waals surface area (Å²) in [4.78, 5) is 26.4. The van der Waals surface area contributed by atoms with Crippen LogP contribution in [0.3, 0.4) is 0 Å². The molecule has 0 atom stereocenters. The first-order valence-electron chi connectivity index (χ1n) is 9.07. The highest BCUT2D eigenvalue weighted by molar-refractivity contribution is 5.92. The SMILES string of the molecule is CCCCC(=O)N1CCC(C)(NC(=O)c2cc(C3CC3)on2)CC1. The topological polar surface area (TPSA) is 75.4 Å². The van der Waals surface area contributed by atoms with Gasteiger partial charge in [0.05, 0.1) is 0 Å². The summed E-state index contributed by atoms with van der Waals surface area (Å²) in [5.41, 5.74) is 0.0664. The third-order valence-corrected chi connectivity index (χ3v) is 5.12. The van der Waals surface area contributed by atoms with Gasteiger partial charge in [0.2, 0.25) is 5.91 Å². The minimum Gasteiger partial charge on any atom is -0.360 e. The summed E-state index contributed by atoms with van der Waals surface area (Å²) in [6.45, 7) is 5.53. The molecule has 1 aliphatic carbocycles. The monoisotopic (exact) mass is 333 g/mol. The van der Waals surface area contributed by atoms with Gasteiger partial charge in [-0.3, -0.25) is 9.59 Å². The summed E-state index contributed by atoms with van der Waals surface area (Å²) in [5.74, 6) is 1.32. The lowest BCUT2D eigenvalue weighted by atomic mass is 9.89. The zero-order valence-electron chi connectivity index (χ0n) is 14.6. The lowest BCUT2D eigenvalue weighted by molar-refractivity contribution is -0.132. The highest BCUT2D eigenvalue weighted by atomic mass is 16.5. The molecule has 0 radical (unpaired) electrons. The smallest absolute Gasteiger partial charge is 0.273 e. The van der Waals surface area contributed by atoms with E-state index in [1.165, 1.54) is 0 Å². The van der Waals surface area contributed by atoms with Crippen molar-refractivity contribution in [1.82, 2.24) is 15.4 Å². The van der Waals surface area contributed by atoms with Crippen LogP contribution in [0.5, 0.6) is 0 Å². The highest BCUT2D eigenvalue weighted by Crippen LogP contribution is 2.40. The molecule has 3 rings (SSSR count). The number of likely N-dealkylation sites (tertiary alicyclic amines) is 1. The van der Waals surface area contributed by atoms with Crippen molar-refractivity contribution in [3.63, 3.8) is 0 Å². The van der Waals surface area contributed by atoms with E-state index in [-0.39, 0.29) is 17.4 Å². The number of hydrogen-bond donors (Lipinski definition) is 1. The number of amides is 2. The Balaban J connectivity index is 1.51. The van der Waals surface area contributed by atoms with Gasteiger partial charge in [0, 0.05) is 37.0 Å². The van der Waals surface area contributed by atoms with Crippen LogP contribution in [-0.2, 0) is 4.79 Å². The largest absolute Gasteiger partial charge is 0.360 e. The van der Waals surface area contributed by atoms with Crippen molar-refractivity contribution in [3.05, 3.63) is 17.5 Å². The molecular weight excluding hydrogens is 306 g/mol. The van der Waals surface area contributed by atoms with E-state index >= 15 is 0 Å². The van der Waals surface area contributed by atoms with Crippen LogP contribution < -0.4 is 5.32 Å². The van der Waals surface area contributed by atoms with E-state index in [2.05, 4.69) is 17.4 Å². The predicted molar refractivity (Wildman–Crippen MR) is 89.7 cm³/mol. The summed E-state index contributed by atoms with van der Waals surface area (Å²) in [6, 6.07) is 1.76. The van der Waals surface area contributed by atoms with Crippen molar-refractivity contribution >= 4 is 11.8 Å². The van der Waals surface area contributed by atoms with Crippen molar-refractivity contribution in [2.45, 2.75) is 70.3 Å². The van der Waals surface area contributed by atoms with Gasteiger partial charge in [-0.2, -0.15) is 0 Å². The zero-order chi connectivity index (χ0) is 17.2. The maximum absolute atomic E-state index is 12.4. The third kappa shape index (κ3) is 3.97. The molecule has 1 N–H and O–H groups in total. The van der Waals surface area contributed by atoms with Crippen LogP contribution in [0.4, 0.5) is 0 Å². The number of carbonyl (C=O) groups is 2. The molecule has 132 valence electrons. The van der Waals surface area contributed by atoms with Crippen LogP contribution in [0.25, 0.3) is 0 Å². The zero-order valence-corrected chi connectivity index (χ0v) is 14.6. The van der Waals surface area contributed by atoms with Gasteiger partial charge in [-0.05, 0) is 39.0 Å². The number of hydrogen-bond acceptors (Lipinski definition) is 4. The number of nitrogens with zero attached hydrogens (tertiary/aromatic N) is 2. The molecular formula is C18H27N3O3. The summed E-state index contributed by atoms with van der Waals surface area (Å²) in [6.07, 6.45) is 6.38. The molecule has 2 fully saturated rings. The number of piperidine rings is 1. The fraction of sp³-hybridized carbons (Fsp3) is 0.722. The van der Waals surface area contributed by atoms with Crippen LogP contribution in [0.1, 0.15) is 81.0 Å². The summed E-state index contributed by atoms with van der Waals surface area (Å²) in [7, 11) is 0. The average Bonchev–Trinajstić information content (AvgIpc) is 3.29. The van der Waals surface area contributed by atoms with Gasteiger partial charge in [0.25, 0.3) is 5.91 Å². The van der Waals surface area contributed by atoms with Gasteiger partial charge in [0.15, 0.2) is 5.69 Å². The molecule has 24 heavy (non-hydrogen) atoms. The molecule has 6 heteroatoms. The van der Waals surface area contributed by atoms with Crippen molar-refractivity contribution in [2.75, 3.05) is 13.1 Å². The van der Waals surface area contributed by atoms with Crippen molar-refractivity contribution in [1.29, 1.82) is 0 Å². The molecule has 0 aromatic carbocycles. The Hall–Kier alpha value is -1.85. The number of carbonyl (C=O) groups excluding carboxylic acids is 2. The number of unbranched alkanes of at least 4 members (excludes halogenated alkanes) is 1. The molecule has 0 spiro atoms. The molecule has 1 saturated carbocycles. The van der Waals surface area contributed by atoms with Gasteiger partial charge in [-0.25, -0.2) is 0 Å². The van der Waals surface area contributed by atoms with E-state index in [4.69, 9.17) is 4.52 Å². The predicted octanol–water partition coefficient (Wildman–Crippen LogP) is 2.85. The van der Waals surface area contributed by atoms with Crippen LogP contribution in [-0.4, -0.2) is 40.5 Å². The van der Waals surface area contributed by atoms with Gasteiger partial charge in [-0.1, -0.05) is 18.5 Å². The second kappa shape index (κ2) is 6.95. The molecule has 6 nitrogen and oxygen atoms in total. The average molecular weight is 333 g/mol.